The number of aliphatic hydroxyl groups excluding tert-OH is 1. The van der Waals surface area contributed by atoms with Crippen molar-refractivity contribution < 1.29 is 24.5 Å². The quantitative estimate of drug-likeness (QED) is 0.509. The minimum absolute atomic E-state index is 0.0893. The summed E-state index contributed by atoms with van der Waals surface area (Å²) in [5.41, 5.74) is 0.773. The van der Waals surface area contributed by atoms with E-state index in [1.54, 1.807) is 30.0 Å². The van der Waals surface area contributed by atoms with Gasteiger partial charge in [-0.05, 0) is 29.9 Å². The summed E-state index contributed by atoms with van der Waals surface area (Å²) in [6, 6.07) is 9.16. The maximum atomic E-state index is 12.8. The van der Waals surface area contributed by atoms with Crippen molar-refractivity contribution in [3.63, 3.8) is 0 Å². The van der Waals surface area contributed by atoms with Crippen molar-refractivity contribution in [1.29, 1.82) is 0 Å². The lowest BCUT2D eigenvalue weighted by molar-refractivity contribution is 0.315. The van der Waals surface area contributed by atoms with Crippen molar-refractivity contribution >= 4 is 22.7 Å². The van der Waals surface area contributed by atoms with E-state index in [0.717, 1.165) is 12.2 Å². The van der Waals surface area contributed by atoms with Crippen molar-refractivity contribution in [2.24, 2.45) is 0 Å². The summed E-state index contributed by atoms with van der Waals surface area (Å²) in [5, 5.41) is 28.5. The smallest absolute Gasteiger partial charge is 0.204 e. The van der Waals surface area contributed by atoms with Gasteiger partial charge in [0.15, 0.2) is 0 Å². The monoisotopic (exact) mass is 388 g/mol. The molecular weight excluding hydrogens is 368 g/mol. The highest BCUT2D eigenvalue weighted by atomic mass is 32.2. The van der Waals surface area contributed by atoms with Gasteiger partial charge >= 0.3 is 0 Å². The van der Waals surface area contributed by atoms with Gasteiger partial charge in [0.1, 0.15) is 34.5 Å². The number of hydrogen-bond acceptors (Lipinski definition) is 7. The summed E-state index contributed by atoms with van der Waals surface area (Å²) in [6.45, 7) is 0.619. The fourth-order valence-corrected chi connectivity index (χ4v) is 3.30. The molecule has 142 valence electrons. The van der Waals surface area contributed by atoms with Crippen molar-refractivity contribution in [2.45, 2.75) is 6.42 Å². The van der Waals surface area contributed by atoms with E-state index in [-0.39, 0.29) is 34.5 Å². The number of aromatic hydroxyl groups is 2. The van der Waals surface area contributed by atoms with Crippen molar-refractivity contribution in [3.8, 4) is 28.4 Å². The molecule has 0 saturated carbocycles. The topological polar surface area (TPSA) is 100 Å². The van der Waals surface area contributed by atoms with Gasteiger partial charge in [0.05, 0.1) is 18.8 Å². The van der Waals surface area contributed by atoms with Crippen LogP contribution in [-0.4, -0.2) is 40.0 Å². The lowest BCUT2D eigenvalue weighted by Gasteiger charge is -2.09. The molecule has 0 fully saturated rings. The molecule has 0 bridgehead atoms. The number of thioether (sulfide) groups is 1. The molecule has 3 N–H and O–H groups in total. The number of phenols is 2. The van der Waals surface area contributed by atoms with Crippen LogP contribution in [0.4, 0.5) is 0 Å². The molecule has 3 aromatic rings. The number of aliphatic hydroxyl groups is 1. The summed E-state index contributed by atoms with van der Waals surface area (Å²) in [4.78, 5) is 12.8. The van der Waals surface area contributed by atoms with Crippen LogP contribution in [-0.2, 0) is 0 Å². The largest absolute Gasteiger partial charge is 0.508 e. The van der Waals surface area contributed by atoms with Gasteiger partial charge < -0.3 is 24.5 Å². The molecule has 1 aromatic heterocycles. The van der Waals surface area contributed by atoms with Gasteiger partial charge in [-0.2, -0.15) is 11.8 Å². The van der Waals surface area contributed by atoms with E-state index in [9.17, 15) is 15.0 Å². The summed E-state index contributed by atoms with van der Waals surface area (Å²) >= 11 is 1.64. The predicted molar refractivity (Wildman–Crippen MR) is 106 cm³/mol. The maximum Gasteiger partial charge on any atom is 0.204 e. The second-order valence-corrected chi connectivity index (χ2v) is 7.10. The SMILES string of the molecule is O=c1c(-c2ccc(O)cc2)coc2cc(OCCCSCCO)cc(O)c12. The first-order chi connectivity index (χ1) is 13.1. The molecule has 27 heavy (non-hydrogen) atoms. The predicted octanol–water partition coefficient (Wildman–Crippen LogP) is 3.37. The van der Waals surface area contributed by atoms with Gasteiger partial charge in [-0.3, -0.25) is 4.79 Å². The normalized spacial score (nSPS) is 11.0. The average Bonchev–Trinajstić information content (AvgIpc) is 2.65. The number of rotatable bonds is 8. The van der Waals surface area contributed by atoms with Crippen LogP contribution in [0.1, 0.15) is 6.42 Å². The van der Waals surface area contributed by atoms with Gasteiger partial charge in [0.2, 0.25) is 5.43 Å². The molecular formula is C20H20O6S. The third-order valence-corrected chi connectivity index (χ3v) is 4.99. The van der Waals surface area contributed by atoms with Gasteiger partial charge in [-0.15, -0.1) is 0 Å². The van der Waals surface area contributed by atoms with E-state index < -0.39 is 0 Å². The molecule has 0 unspecified atom stereocenters. The molecule has 0 amide bonds. The lowest BCUT2D eigenvalue weighted by atomic mass is 10.0. The van der Waals surface area contributed by atoms with Gasteiger partial charge in [0, 0.05) is 17.9 Å². The average molecular weight is 388 g/mol. The van der Waals surface area contributed by atoms with E-state index in [2.05, 4.69) is 0 Å². The number of phenolic OH excluding ortho intramolecular Hbond substituents is 2. The third-order valence-electron chi connectivity index (χ3n) is 3.95. The molecule has 0 atom stereocenters. The van der Waals surface area contributed by atoms with Crippen LogP contribution >= 0.6 is 11.8 Å². The summed E-state index contributed by atoms with van der Waals surface area (Å²) in [5.74, 6) is 1.89. The van der Waals surface area contributed by atoms with Crippen LogP contribution < -0.4 is 10.2 Å². The Morgan fingerprint density at radius 1 is 1.07 bits per heavy atom. The van der Waals surface area contributed by atoms with E-state index >= 15 is 0 Å². The highest BCUT2D eigenvalue weighted by Gasteiger charge is 2.14. The van der Waals surface area contributed by atoms with Crippen molar-refractivity contribution in [1.82, 2.24) is 0 Å². The fraction of sp³-hybridized carbons (Fsp3) is 0.250. The molecule has 0 saturated heterocycles. The Morgan fingerprint density at radius 3 is 2.59 bits per heavy atom. The lowest BCUT2D eigenvalue weighted by Crippen LogP contribution is -2.06. The van der Waals surface area contributed by atoms with Crippen LogP contribution in [0.2, 0.25) is 0 Å². The number of hydrogen-bond donors (Lipinski definition) is 3. The van der Waals surface area contributed by atoms with Gasteiger partial charge in [-0.25, -0.2) is 0 Å². The number of ether oxygens (including phenoxy) is 1. The molecule has 7 heteroatoms. The Kier molecular flexibility index (Phi) is 6.26. The zero-order valence-electron chi connectivity index (χ0n) is 14.6. The van der Waals surface area contributed by atoms with Crippen LogP contribution in [0.25, 0.3) is 22.1 Å². The molecule has 3 rings (SSSR count). The molecule has 0 aliphatic carbocycles. The van der Waals surface area contributed by atoms with Crippen LogP contribution in [0.5, 0.6) is 17.2 Å². The standard InChI is InChI=1S/C20H20O6S/c21-6-9-27-8-1-7-25-15-10-17(23)19-18(11-15)26-12-16(20(19)24)13-2-4-14(22)5-3-13/h2-5,10-12,21-23H,1,6-9H2. The van der Waals surface area contributed by atoms with E-state index in [0.29, 0.717) is 29.2 Å². The molecule has 2 aromatic carbocycles. The highest BCUT2D eigenvalue weighted by molar-refractivity contribution is 7.99. The van der Waals surface area contributed by atoms with Crippen LogP contribution in [0.15, 0.2) is 51.9 Å². The van der Waals surface area contributed by atoms with Gasteiger partial charge in [-0.1, -0.05) is 12.1 Å². The first-order valence-electron chi connectivity index (χ1n) is 8.49. The molecule has 0 radical (unpaired) electrons. The first kappa shape index (κ1) is 19.1. The molecule has 1 heterocycles. The Bertz CT molecular complexity index is 965. The number of benzene rings is 2. The Hall–Kier alpha value is -2.64. The second kappa shape index (κ2) is 8.83. The molecule has 0 aliphatic rings. The van der Waals surface area contributed by atoms with Crippen molar-refractivity contribution in [2.75, 3.05) is 24.7 Å². The summed E-state index contributed by atoms with van der Waals surface area (Å²) in [6.07, 6.45) is 2.14. The minimum atomic E-state index is -0.355. The van der Waals surface area contributed by atoms with Gasteiger partial charge in [0.25, 0.3) is 0 Å². The van der Waals surface area contributed by atoms with Crippen molar-refractivity contribution in [3.05, 3.63) is 52.9 Å². The zero-order chi connectivity index (χ0) is 19.2. The Morgan fingerprint density at radius 2 is 1.85 bits per heavy atom. The highest BCUT2D eigenvalue weighted by Crippen LogP contribution is 2.30. The van der Waals surface area contributed by atoms with Crippen LogP contribution in [0, 0.1) is 0 Å². The zero-order valence-corrected chi connectivity index (χ0v) is 15.4. The summed E-state index contributed by atoms with van der Waals surface area (Å²) < 4.78 is 11.2. The molecule has 6 nitrogen and oxygen atoms in total. The van der Waals surface area contributed by atoms with Crippen LogP contribution in [0.3, 0.4) is 0 Å². The second-order valence-electron chi connectivity index (χ2n) is 5.88. The van der Waals surface area contributed by atoms with E-state index in [1.165, 1.54) is 24.5 Å². The number of fused-ring (bicyclic) bond motifs is 1. The van der Waals surface area contributed by atoms with E-state index in [4.69, 9.17) is 14.3 Å². The maximum absolute atomic E-state index is 12.8. The minimum Gasteiger partial charge on any atom is -0.508 e. The first-order valence-corrected chi connectivity index (χ1v) is 9.65. The summed E-state index contributed by atoms with van der Waals surface area (Å²) in [7, 11) is 0. The Labute approximate surface area is 160 Å². The van der Waals surface area contributed by atoms with E-state index in [1.807, 2.05) is 0 Å². The molecule has 0 aliphatic heterocycles. The molecule has 0 spiro atoms. The fourth-order valence-electron chi connectivity index (χ4n) is 2.65. The Balaban J connectivity index is 1.81. The third kappa shape index (κ3) is 4.56.